The molecule has 0 aliphatic heterocycles. The van der Waals surface area contributed by atoms with Gasteiger partial charge in [-0.15, -0.1) is 0 Å². The highest BCUT2D eigenvalue weighted by Gasteiger charge is 2.09. The van der Waals surface area contributed by atoms with Gasteiger partial charge in [-0.3, -0.25) is 10.1 Å². The molecule has 0 fully saturated rings. The molecule has 0 aliphatic rings. The molecule has 0 aliphatic carbocycles. The average molecular weight is 224 g/mol. The number of unbranched alkanes of at least 4 members (excludes halogenated alkanes) is 2. The molecule has 6 nitrogen and oxygen atoms in total. The van der Waals surface area contributed by atoms with Crippen molar-refractivity contribution in [1.29, 1.82) is 0 Å². The molecule has 6 heteroatoms. The number of nitrogen functional groups attached to an aromatic ring is 1. The maximum absolute atomic E-state index is 10.6. The van der Waals surface area contributed by atoms with E-state index in [1.165, 1.54) is 12.1 Å². The van der Waals surface area contributed by atoms with E-state index in [1.54, 1.807) is 0 Å². The first-order chi connectivity index (χ1) is 7.63. The Bertz CT molecular complexity index is 368. The Labute approximate surface area is 94.0 Å². The minimum Gasteiger partial charge on any atom is -0.383 e. The lowest BCUT2D eigenvalue weighted by atomic mass is 10.2. The van der Waals surface area contributed by atoms with Gasteiger partial charge in [-0.05, 0) is 6.42 Å². The Hall–Kier alpha value is -1.85. The van der Waals surface area contributed by atoms with Crippen LogP contribution in [0.3, 0.4) is 0 Å². The van der Waals surface area contributed by atoms with E-state index in [2.05, 4.69) is 17.2 Å². The van der Waals surface area contributed by atoms with E-state index < -0.39 is 4.92 Å². The van der Waals surface area contributed by atoms with Crippen molar-refractivity contribution in [2.45, 2.75) is 26.2 Å². The number of aromatic nitrogens is 1. The zero-order valence-electron chi connectivity index (χ0n) is 9.27. The van der Waals surface area contributed by atoms with E-state index in [4.69, 9.17) is 5.73 Å². The van der Waals surface area contributed by atoms with Gasteiger partial charge in [0.2, 0.25) is 0 Å². The van der Waals surface area contributed by atoms with Crippen molar-refractivity contribution in [1.82, 2.24) is 4.98 Å². The summed E-state index contributed by atoms with van der Waals surface area (Å²) in [4.78, 5) is 14.1. The van der Waals surface area contributed by atoms with Gasteiger partial charge in [-0.1, -0.05) is 19.8 Å². The number of nitrogens with one attached hydrogen (secondary N) is 1. The first-order valence-corrected chi connectivity index (χ1v) is 5.29. The highest BCUT2D eigenvalue weighted by molar-refractivity contribution is 5.52. The van der Waals surface area contributed by atoms with E-state index in [-0.39, 0.29) is 11.5 Å². The molecule has 0 saturated carbocycles. The molecule has 3 N–H and O–H groups in total. The Morgan fingerprint density at radius 2 is 2.25 bits per heavy atom. The lowest BCUT2D eigenvalue weighted by molar-refractivity contribution is -0.384. The molecule has 1 rings (SSSR count). The van der Waals surface area contributed by atoms with Crippen LogP contribution in [0.2, 0.25) is 0 Å². The van der Waals surface area contributed by atoms with Gasteiger partial charge >= 0.3 is 0 Å². The maximum atomic E-state index is 10.6. The summed E-state index contributed by atoms with van der Waals surface area (Å²) in [5.41, 5.74) is 5.44. The van der Waals surface area contributed by atoms with Crippen molar-refractivity contribution in [3.05, 3.63) is 22.2 Å². The number of hydrogen-bond acceptors (Lipinski definition) is 5. The average Bonchev–Trinajstić information content (AvgIpc) is 2.23. The second-order valence-corrected chi connectivity index (χ2v) is 3.53. The van der Waals surface area contributed by atoms with Crippen LogP contribution in [0, 0.1) is 10.1 Å². The topological polar surface area (TPSA) is 94.1 Å². The zero-order chi connectivity index (χ0) is 12.0. The predicted octanol–water partition coefficient (Wildman–Crippen LogP) is 2.17. The highest BCUT2D eigenvalue weighted by Crippen LogP contribution is 2.18. The van der Waals surface area contributed by atoms with Crippen LogP contribution in [-0.2, 0) is 0 Å². The lowest BCUT2D eigenvalue weighted by Crippen LogP contribution is -2.05. The summed E-state index contributed by atoms with van der Waals surface area (Å²) >= 11 is 0. The molecule has 0 saturated heterocycles. The van der Waals surface area contributed by atoms with Gasteiger partial charge in [0.1, 0.15) is 11.6 Å². The smallest absolute Gasteiger partial charge is 0.276 e. The third-order valence-corrected chi connectivity index (χ3v) is 2.13. The standard InChI is InChI=1S/C10H16N4O2/c1-2-3-4-5-12-10-7-8(14(15)16)6-9(11)13-10/h6-7H,2-5H2,1H3,(H3,11,12,13). The Balaban J connectivity index is 2.62. The van der Waals surface area contributed by atoms with Crippen molar-refractivity contribution in [3.63, 3.8) is 0 Å². The van der Waals surface area contributed by atoms with E-state index in [0.717, 1.165) is 25.8 Å². The first-order valence-electron chi connectivity index (χ1n) is 5.29. The van der Waals surface area contributed by atoms with Gasteiger partial charge in [0, 0.05) is 6.54 Å². The number of hydrogen-bond donors (Lipinski definition) is 2. The number of nitrogens with two attached hydrogens (primary N) is 1. The first kappa shape index (κ1) is 12.2. The third-order valence-electron chi connectivity index (χ3n) is 2.13. The Kier molecular flexibility index (Phi) is 4.50. The van der Waals surface area contributed by atoms with Gasteiger partial charge in [0.25, 0.3) is 5.69 Å². The molecule has 88 valence electrons. The van der Waals surface area contributed by atoms with Gasteiger partial charge in [-0.25, -0.2) is 4.98 Å². The molecule has 0 spiro atoms. The van der Waals surface area contributed by atoms with Gasteiger partial charge in [0.15, 0.2) is 0 Å². The molecule has 0 unspecified atom stereocenters. The van der Waals surface area contributed by atoms with Gasteiger partial charge in [-0.2, -0.15) is 0 Å². The number of anilines is 2. The number of rotatable bonds is 6. The van der Waals surface area contributed by atoms with Crippen molar-refractivity contribution < 1.29 is 4.92 Å². The summed E-state index contributed by atoms with van der Waals surface area (Å²) in [7, 11) is 0. The largest absolute Gasteiger partial charge is 0.383 e. The van der Waals surface area contributed by atoms with Crippen LogP contribution in [0.1, 0.15) is 26.2 Å². The molecule has 0 bridgehead atoms. The maximum Gasteiger partial charge on any atom is 0.276 e. The predicted molar refractivity (Wildman–Crippen MR) is 63.3 cm³/mol. The normalized spacial score (nSPS) is 10.1. The highest BCUT2D eigenvalue weighted by atomic mass is 16.6. The minimum absolute atomic E-state index is 0.0366. The van der Waals surface area contributed by atoms with E-state index in [0.29, 0.717) is 5.82 Å². The molecule has 0 amide bonds. The lowest BCUT2D eigenvalue weighted by Gasteiger charge is -2.05. The van der Waals surface area contributed by atoms with Crippen molar-refractivity contribution in [2.75, 3.05) is 17.6 Å². The minimum atomic E-state index is -0.477. The zero-order valence-corrected chi connectivity index (χ0v) is 9.27. The summed E-state index contributed by atoms with van der Waals surface area (Å²) in [6.45, 7) is 2.87. The Morgan fingerprint density at radius 3 is 2.88 bits per heavy atom. The van der Waals surface area contributed by atoms with Crippen LogP contribution in [-0.4, -0.2) is 16.5 Å². The van der Waals surface area contributed by atoms with E-state index >= 15 is 0 Å². The second-order valence-electron chi connectivity index (χ2n) is 3.53. The van der Waals surface area contributed by atoms with Crippen LogP contribution in [0.4, 0.5) is 17.3 Å². The summed E-state index contributed by atoms with van der Waals surface area (Å²) in [6, 6.07) is 2.64. The molecular formula is C10H16N4O2. The monoisotopic (exact) mass is 224 g/mol. The van der Waals surface area contributed by atoms with Gasteiger partial charge in [0.05, 0.1) is 17.1 Å². The van der Waals surface area contributed by atoms with Crippen LogP contribution in [0.25, 0.3) is 0 Å². The molecule has 16 heavy (non-hydrogen) atoms. The number of pyridine rings is 1. The van der Waals surface area contributed by atoms with Crippen LogP contribution in [0.15, 0.2) is 12.1 Å². The van der Waals surface area contributed by atoms with Crippen LogP contribution >= 0.6 is 0 Å². The summed E-state index contributed by atoms with van der Waals surface area (Å²) in [6.07, 6.45) is 3.27. The van der Waals surface area contributed by atoms with Crippen LogP contribution in [0.5, 0.6) is 0 Å². The third kappa shape index (κ3) is 3.72. The fourth-order valence-electron chi connectivity index (χ4n) is 1.32. The van der Waals surface area contributed by atoms with Crippen molar-refractivity contribution in [3.8, 4) is 0 Å². The number of nitro groups is 1. The number of nitrogens with zero attached hydrogens (tertiary/aromatic N) is 2. The van der Waals surface area contributed by atoms with Crippen molar-refractivity contribution >= 4 is 17.3 Å². The molecular weight excluding hydrogens is 208 g/mol. The quantitative estimate of drug-likeness (QED) is 0.438. The Morgan fingerprint density at radius 1 is 1.50 bits per heavy atom. The van der Waals surface area contributed by atoms with E-state index in [9.17, 15) is 10.1 Å². The summed E-state index contributed by atoms with van der Waals surface area (Å²) in [5, 5.41) is 13.6. The second kappa shape index (κ2) is 5.89. The van der Waals surface area contributed by atoms with Crippen LogP contribution < -0.4 is 11.1 Å². The molecule has 0 aromatic carbocycles. The van der Waals surface area contributed by atoms with Crippen molar-refractivity contribution in [2.24, 2.45) is 0 Å². The summed E-state index contributed by atoms with van der Waals surface area (Å²) < 4.78 is 0. The fraction of sp³-hybridized carbons (Fsp3) is 0.500. The molecule has 0 atom stereocenters. The molecule has 1 aromatic heterocycles. The fourth-order valence-corrected chi connectivity index (χ4v) is 1.32. The molecule has 1 aromatic rings. The molecule has 1 heterocycles. The SMILES string of the molecule is CCCCCNc1cc([N+](=O)[O-])cc(N)n1. The molecule has 0 radical (unpaired) electrons. The van der Waals surface area contributed by atoms with E-state index in [1.807, 2.05) is 0 Å². The summed E-state index contributed by atoms with van der Waals surface area (Å²) in [5.74, 6) is 0.620. The van der Waals surface area contributed by atoms with Gasteiger partial charge < -0.3 is 11.1 Å².